The Balaban J connectivity index is 1.38. The van der Waals surface area contributed by atoms with Gasteiger partial charge in [0.15, 0.2) is 0 Å². The van der Waals surface area contributed by atoms with E-state index < -0.39 is 28.8 Å². The quantitative estimate of drug-likeness (QED) is 0.0262. The van der Waals surface area contributed by atoms with Gasteiger partial charge >= 0.3 is 6.09 Å². The second-order valence-corrected chi connectivity index (χ2v) is 16.8. The number of rotatable bonds is 24. The monoisotopic (exact) mass is 919 g/mol. The third-order valence-corrected chi connectivity index (χ3v) is 12.7. The number of fused-ring (bicyclic) bond motifs is 2. The minimum atomic E-state index is -1.59. The van der Waals surface area contributed by atoms with Crippen LogP contribution in [0.15, 0.2) is 127 Å². The van der Waals surface area contributed by atoms with E-state index in [0.717, 1.165) is 47.9 Å². The van der Waals surface area contributed by atoms with Gasteiger partial charge in [0, 0.05) is 49.8 Å². The average Bonchev–Trinajstić information content (AvgIpc) is 3.34. The minimum Gasteiger partial charge on any atom is -0.459 e. The molecule has 4 aromatic carbocycles. The minimum absolute atomic E-state index is 0.0121. The van der Waals surface area contributed by atoms with Crippen LogP contribution in [0, 0.1) is 27.9 Å². The summed E-state index contributed by atoms with van der Waals surface area (Å²) in [5.41, 5.74) is 4.34. The molecule has 3 N–H and O–H groups in total. The van der Waals surface area contributed by atoms with Gasteiger partial charge in [-0.05, 0) is 104 Å². The van der Waals surface area contributed by atoms with Gasteiger partial charge in [0.25, 0.3) is 5.69 Å². The first-order valence-corrected chi connectivity index (χ1v) is 23.2. The van der Waals surface area contributed by atoms with Gasteiger partial charge < -0.3 is 43.8 Å². The van der Waals surface area contributed by atoms with E-state index in [9.17, 15) is 30.2 Å². The summed E-state index contributed by atoms with van der Waals surface area (Å²) in [5.74, 6) is -0.651. The molecule has 4 aromatic rings. The predicted octanol–water partition coefficient (Wildman–Crippen LogP) is 9.22. The normalized spacial score (nSPS) is 22.1. The van der Waals surface area contributed by atoms with Crippen LogP contribution in [0.1, 0.15) is 63.4 Å². The summed E-state index contributed by atoms with van der Waals surface area (Å²) in [6.07, 6.45) is 7.48. The fraction of sp³-hybridized carbons (Fsp3) is 0.423. The van der Waals surface area contributed by atoms with Crippen LogP contribution in [0.4, 0.5) is 10.5 Å². The lowest BCUT2D eigenvalue weighted by atomic mass is 9.55. The highest BCUT2D eigenvalue weighted by atomic mass is 16.7. The van der Waals surface area contributed by atoms with Crippen molar-refractivity contribution in [2.75, 3.05) is 52.8 Å². The van der Waals surface area contributed by atoms with Crippen LogP contribution in [-0.2, 0) is 14.3 Å². The van der Waals surface area contributed by atoms with Gasteiger partial charge in [-0.15, -0.1) is 6.58 Å². The van der Waals surface area contributed by atoms with Crippen LogP contribution in [0.2, 0.25) is 0 Å². The molecule has 6 atom stereocenters. The number of hydrogen-bond donors (Lipinski definition) is 3. The number of unbranched alkanes of at least 4 members (excludes halogenated alkanes) is 2. The summed E-state index contributed by atoms with van der Waals surface area (Å²) >= 11 is 0. The SMILES string of the molecule is C=CCO[C@@]12Oc3ccc(Oc4ccc(-c5ccccc5)cc4)cc3[C@H]3[C@H](CCCCO)[C@@H](CCCCO)C=C(C(=NOCC)C[C@@H]1N(CCOCCO)C(=O)Oc1ccc([N+](=O)[O-])cc1)[C@H]32. The van der Waals surface area contributed by atoms with Crippen LogP contribution in [0.3, 0.4) is 0 Å². The molecule has 1 saturated carbocycles. The highest BCUT2D eigenvalue weighted by Crippen LogP contribution is 2.62. The molecular formula is C52H61N3O12. The Labute approximate surface area is 391 Å². The van der Waals surface area contributed by atoms with E-state index in [4.69, 9.17) is 33.7 Å². The van der Waals surface area contributed by atoms with E-state index in [1.165, 1.54) is 29.2 Å². The Bertz CT molecular complexity index is 2320. The summed E-state index contributed by atoms with van der Waals surface area (Å²) in [6.45, 7) is 6.07. The molecule has 67 heavy (non-hydrogen) atoms. The number of carbonyl (C=O) groups is 1. The van der Waals surface area contributed by atoms with Gasteiger partial charge in [-0.25, -0.2) is 4.79 Å². The van der Waals surface area contributed by atoms with Gasteiger partial charge in [-0.3, -0.25) is 15.0 Å². The molecule has 2 aliphatic carbocycles. The number of non-ortho nitro benzene ring substituents is 1. The number of hydrogen-bond acceptors (Lipinski definition) is 13. The number of aliphatic hydroxyl groups is 3. The largest absolute Gasteiger partial charge is 0.459 e. The molecule has 0 bridgehead atoms. The van der Waals surface area contributed by atoms with Crippen LogP contribution in [-0.4, -0.2) is 102 Å². The molecule has 1 amide bonds. The summed E-state index contributed by atoms with van der Waals surface area (Å²) < 4.78 is 32.7. The number of nitro benzene ring substituents is 1. The molecule has 0 unspecified atom stereocenters. The number of carbonyl (C=O) groups excluding carboxylic acids is 1. The smallest absolute Gasteiger partial charge is 0.415 e. The van der Waals surface area contributed by atoms with Crippen molar-refractivity contribution < 1.29 is 53.6 Å². The van der Waals surface area contributed by atoms with Crippen molar-refractivity contribution in [2.24, 2.45) is 22.9 Å². The van der Waals surface area contributed by atoms with E-state index in [0.29, 0.717) is 35.8 Å². The number of nitro groups is 1. The van der Waals surface area contributed by atoms with E-state index in [1.807, 2.05) is 67.6 Å². The van der Waals surface area contributed by atoms with E-state index in [1.54, 1.807) is 6.08 Å². The van der Waals surface area contributed by atoms with Gasteiger partial charge in [0.2, 0.25) is 5.79 Å². The topological polar surface area (TPSA) is 192 Å². The average molecular weight is 920 g/mol. The lowest BCUT2D eigenvalue weighted by Gasteiger charge is -2.59. The second-order valence-electron chi connectivity index (χ2n) is 16.8. The van der Waals surface area contributed by atoms with Crippen LogP contribution >= 0.6 is 0 Å². The summed E-state index contributed by atoms with van der Waals surface area (Å²) in [4.78, 5) is 33.0. The molecule has 3 aliphatic rings. The van der Waals surface area contributed by atoms with Crippen molar-refractivity contribution in [1.82, 2.24) is 4.90 Å². The number of allylic oxidation sites excluding steroid dienone is 1. The lowest BCUT2D eigenvalue weighted by molar-refractivity contribution is -0.384. The molecule has 0 saturated heterocycles. The third-order valence-electron chi connectivity index (χ3n) is 12.7. The van der Waals surface area contributed by atoms with E-state index in [-0.39, 0.29) is 88.4 Å². The van der Waals surface area contributed by atoms with Crippen molar-refractivity contribution in [1.29, 1.82) is 0 Å². The summed E-state index contributed by atoms with van der Waals surface area (Å²) in [5, 5.41) is 45.7. The van der Waals surface area contributed by atoms with Gasteiger partial charge in [0.05, 0.1) is 43.0 Å². The highest BCUT2D eigenvalue weighted by Gasteiger charge is 2.65. The maximum Gasteiger partial charge on any atom is 0.415 e. The van der Waals surface area contributed by atoms with Gasteiger partial charge in [-0.1, -0.05) is 72.6 Å². The number of benzene rings is 4. The fourth-order valence-electron chi connectivity index (χ4n) is 9.84. The number of amides is 1. The Hall–Kier alpha value is -6.10. The Kier molecular flexibility index (Phi) is 17.2. The third kappa shape index (κ3) is 11.4. The molecule has 0 spiro atoms. The zero-order valence-corrected chi connectivity index (χ0v) is 38.0. The Morgan fingerprint density at radius 1 is 0.896 bits per heavy atom. The molecule has 0 aromatic heterocycles. The second kappa shape index (κ2) is 23.6. The zero-order valence-electron chi connectivity index (χ0n) is 38.0. The Morgan fingerprint density at radius 3 is 2.28 bits per heavy atom. The van der Waals surface area contributed by atoms with Crippen LogP contribution in [0.5, 0.6) is 23.0 Å². The van der Waals surface area contributed by atoms with E-state index >= 15 is 0 Å². The molecular weight excluding hydrogens is 859 g/mol. The first-order valence-electron chi connectivity index (χ1n) is 23.2. The molecule has 0 radical (unpaired) electrons. The molecule has 15 nitrogen and oxygen atoms in total. The standard InChI is InChI=1S/C52H61N3O12/c1-3-30-63-52-48(54(26-31-62-32-29-58)51(59)66-41-22-18-39(19-23-41)55(60)61)35-46(53-64-4-2)44-33-38(14-8-10-27-56)43(15-9-11-28-57)49(50(44)52)45-34-42(24-25-47(45)67-52)65-40-20-16-37(17-21-40)36-12-6-5-7-13-36/h3,5-7,12-13,16-25,33-34,38,43,48-50,56-58H,1,4,8-11,14-15,26-32,35H2,2H3/t38-,43+,48-,49+,50+,52+/m0/s1. The van der Waals surface area contributed by atoms with Gasteiger partial charge in [-0.2, -0.15) is 0 Å². The number of aliphatic hydroxyl groups excluding tert-OH is 3. The highest BCUT2D eigenvalue weighted by molar-refractivity contribution is 6.03. The maximum atomic E-state index is 14.7. The lowest BCUT2D eigenvalue weighted by Crippen LogP contribution is -2.70. The van der Waals surface area contributed by atoms with Crippen molar-refractivity contribution in [3.05, 3.63) is 137 Å². The summed E-state index contributed by atoms with van der Waals surface area (Å²) in [7, 11) is 0. The van der Waals surface area contributed by atoms with Crippen molar-refractivity contribution >= 4 is 17.5 Å². The van der Waals surface area contributed by atoms with Crippen molar-refractivity contribution in [3.63, 3.8) is 0 Å². The molecule has 1 aliphatic heterocycles. The molecule has 1 fully saturated rings. The molecule has 15 heteroatoms. The molecule has 1 heterocycles. The van der Waals surface area contributed by atoms with Crippen LogP contribution < -0.4 is 14.2 Å². The first kappa shape index (κ1) is 48.8. The number of oxime groups is 1. The zero-order chi connectivity index (χ0) is 47.2. The molecule has 7 rings (SSSR count). The fourth-order valence-corrected chi connectivity index (χ4v) is 9.84. The van der Waals surface area contributed by atoms with Crippen LogP contribution in [0.25, 0.3) is 11.1 Å². The maximum absolute atomic E-state index is 14.7. The Morgan fingerprint density at radius 2 is 1.60 bits per heavy atom. The number of nitrogens with zero attached hydrogens (tertiary/aromatic N) is 3. The van der Waals surface area contributed by atoms with Crippen molar-refractivity contribution in [3.8, 4) is 34.1 Å². The van der Waals surface area contributed by atoms with Gasteiger partial charge in [0.1, 0.15) is 35.6 Å². The van der Waals surface area contributed by atoms with E-state index in [2.05, 4.69) is 24.8 Å². The predicted molar refractivity (Wildman–Crippen MR) is 252 cm³/mol. The van der Waals surface area contributed by atoms with Crippen molar-refractivity contribution in [2.45, 2.75) is 69.6 Å². The summed E-state index contributed by atoms with van der Waals surface area (Å²) in [6, 6.07) is 28.1. The number of ether oxygens (including phenoxy) is 5. The first-order chi connectivity index (χ1) is 32.7. The molecule has 356 valence electrons.